The van der Waals surface area contributed by atoms with Crippen LogP contribution in [0.15, 0.2) is 12.5 Å². The van der Waals surface area contributed by atoms with Crippen LogP contribution in [0.25, 0.3) is 11.0 Å². The van der Waals surface area contributed by atoms with E-state index in [0.717, 1.165) is 29.4 Å². The zero-order chi connectivity index (χ0) is 28.8. The maximum Gasteiger partial charge on any atom is 0.349 e. The summed E-state index contributed by atoms with van der Waals surface area (Å²) in [6.07, 6.45) is 4.44. The van der Waals surface area contributed by atoms with E-state index < -0.39 is 23.1 Å². The molecule has 2 fully saturated rings. The van der Waals surface area contributed by atoms with Crippen LogP contribution >= 0.6 is 0 Å². The van der Waals surface area contributed by atoms with Gasteiger partial charge < -0.3 is 22.6 Å². The van der Waals surface area contributed by atoms with Crippen LogP contribution in [0.3, 0.4) is 0 Å². The number of carbonyl (C=O) groups is 1. The van der Waals surface area contributed by atoms with Crippen LogP contribution < -0.4 is 0 Å². The van der Waals surface area contributed by atoms with Gasteiger partial charge in [-0.05, 0) is 36.5 Å². The Balaban J connectivity index is 1.64. The van der Waals surface area contributed by atoms with Crippen LogP contribution in [0.5, 0.6) is 0 Å². The molecule has 0 N–H and O–H groups in total. The lowest BCUT2D eigenvalue weighted by atomic mass is 10.1. The standard InChI is InChI=1S/C29H47N3O5Si2/c1-27(2,3)38(10,11)36-24-23-20(16-34-39(37-23,28(4,5)6)29(7,8)9)35-26(24)32-15-18-13-12-14-19(33)22-21(18)25(32)31-17-30-22/h15,17,20,23-24,26H,12-14,16H2,1-11H3/t20-,23-,24-,26-/m0/s1. The lowest BCUT2D eigenvalue weighted by Gasteiger charge is -2.54. The van der Waals surface area contributed by atoms with Crippen LogP contribution in [0, 0.1) is 0 Å². The average Bonchev–Trinajstić information content (AvgIpc) is 3.28. The molecule has 0 bridgehead atoms. The monoisotopic (exact) mass is 573 g/mol. The van der Waals surface area contributed by atoms with E-state index in [0.29, 0.717) is 18.7 Å². The second-order valence-electron chi connectivity index (χ2n) is 15.2. The van der Waals surface area contributed by atoms with Crippen LogP contribution in [0.1, 0.15) is 97.4 Å². The quantitative estimate of drug-likeness (QED) is 0.378. The minimum atomic E-state index is -2.76. The first-order valence-corrected chi connectivity index (χ1v) is 19.1. The van der Waals surface area contributed by atoms with Gasteiger partial charge in [-0.25, -0.2) is 9.97 Å². The van der Waals surface area contributed by atoms with Crippen LogP contribution in [-0.2, 0) is 24.4 Å². The van der Waals surface area contributed by atoms with Crippen LogP contribution in [-0.4, -0.2) is 62.1 Å². The summed E-state index contributed by atoms with van der Waals surface area (Å²) in [5.41, 5.74) is 2.35. The van der Waals surface area contributed by atoms with Gasteiger partial charge in [-0.3, -0.25) is 4.79 Å². The molecule has 1 aliphatic carbocycles. The van der Waals surface area contributed by atoms with Crippen molar-refractivity contribution in [2.45, 2.75) is 134 Å². The van der Waals surface area contributed by atoms with E-state index in [9.17, 15) is 4.79 Å². The Bertz CT molecular complexity index is 1260. The van der Waals surface area contributed by atoms with Crippen LogP contribution in [0.4, 0.5) is 0 Å². The van der Waals surface area contributed by atoms with Crippen molar-refractivity contribution >= 4 is 33.7 Å². The molecule has 0 spiro atoms. The highest BCUT2D eigenvalue weighted by Crippen LogP contribution is 2.56. The Morgan fingerprint density at radius 3 is 2.31 bits per heavy atom. The molecular weight excluding hydrogens is 527 g/mol. The number of aryl methyl sites for hydroxylation is 1. The third kappa shape index (κ3) is 4.59. The molecule has 4 atom stereocenters. The van der Waals surface area contributed by atoms with E-state index in [1.807, 2.05) is 0 Å². The fourth-order valence-electron chi connectivity index (χ4n) is 6.50. The summed E-state index contributed by atoms with van der Waals surface area (Å²) in [5, 5.41) is 0.566. The number of hydrogen-bond donors (Lipinski definition) is 0. The number of nitrogens with zero attached hydrogens (tertiary/aromatic N) is 3. The second-order valence-corrected chi connectivity index (χ2v) is 24.7. The molecule has 0 radical (unpaired) electrons. The molecule has 2 saturated heterocycles. The molecule has 2 aromatic rings. The van der Waals surface area contributed by atoms with E-state index in [1.54, 1.807) is 0 Å². The normalized spacial score (nSPS) is 28.0. The zero-order valence-corrected chi connectivity index (χ0v) is 27.7. The highest BCUT2D eigenvalue weighted by molar-refractivity contribution is 6.74. The van der Waals surface area contributed by atoms with Gasteiger partial charge in [-0.15, -0.1) is 0 Å². The second kappa shape index (κ2) is 9.29. The van der Waals surface area contributed by atoms with Gasteiger partial charge >= 0.3 is 8.56 Å². The molecule has 0 saturated carbocycles. The van der Waals surface area contributed by atoms with Crippen LogP contribution in [0.2, 0.25) is 28.2 Å². The molecule has 10 heteroatoms. The summed E-state index contributed by atoms with van der Waals surface area (Å²) in [6.45, 7) is 25.2. The van der Waals surface area contributed by atoms with Crippen molar-refractivity contribution in [3.63, 3.8) is 0 Å². The number of carbonyl (C=O) groups excluding carboxylic acids is 1. The number of fused-ring (bicyclic) bond motifs is 1. The molecule has 0 unspecified atom stereocenters. The fourth-order valence-corrected chi connectivity index (χ4v) is 12.7. The predicted molar refractivity (Wildman–Crippen MR) is 157 cm³/mol. The number of aromatic nitrogens is 3. The van der Waals surface area contributed by atoms with Crippen molar-refractivity contribution in [3.05, 3.63) is 23.8 Å². The van der Waals surface area contributed by atoms with E-state index >= 15 is 0 Å². The predicted octanol–water partition coefficient (Wildman–Crippen LogP) is 6.70. The number of Topliss-reactive ketones (excluding diaryl/α,β-unsaturated/α-hetero) is 1. The molecule has 0 amide bonds. The topological polar surface area (TPSA) is 84.7 Å². The Morgan fingerprint density at radius 1 is 1.03 bits per heavy atom. The summed E-state index contributed by atoms with van der Waals surface area (Å²) in [4.78, 5) is 21.9. The third-order valence-electron chi connectivity index (χ3n) is 9.33. The van der Waals surface area contributed by atoms with Gasteiger partial charge in [0.2, 0.25) is 0 Å². The SMILES string of the molecule is CC(C)(C)[Si](C)(C)O[C@H]1[C@H]2O[Si](C(C)(C)C)(C(C)(C)C)OC[C@@H]2O[C@@H]1n1cc2c3c(ncnc31)C(=O)CCC2. The molecule has 8 nitrogen and oxygen atoms in total. The smallest absolute Gasteiger partial charge is 0.349 e. The van der Waals surface area contributed by atoms with E-state index in [1.165, 1.54) is 6.33 Å². The Hall–Kier alpha value is -1.44. The van der Waals surface area contributed by atoms with Crippen molar-refractivity contribution in [3.8, 4) is 0 Å². The first-order valence-electron chi connectivity index (χ1n) is 14.4. The van der Waals surface area contributed by atoms with Gasteiger partial charge in [0.05, 0.1) is 12.0 Å². The lowest BCUT2D eigenvalue weighted by molar-refractivity contribution is -0.0794. The number of rotatable bonds is 3. The van der Waals surface area contributed by atoms with E-state index in [2.05, 4.69) is 96.1 Å². The molecule has 39 heavy (non-hydrogen) atoms. The first-order chi connectivity index (χ1) is 17.9. The van der Waals surface area contributed by atoms with Crippen molar-refractivity contribution < 1.29 is 22.8 Å². The lowest BCUT2D eigenvalue weighted by Crippen LogP contribution is -2.66. The molecule has 3 aliphatic rings. The van der Waals surface area contributed by atoms with Crippen molar-refractivity contribution in [2.75, 3.05) is 6.61 Å². The number of hydrogen-bond acceptors (Lipinski definition) is 7. The van der Waals surface area contributed by atoms with Gasteiger partial charge in [0.25, 0.3) is 0 Å². The highest BCUT2D eigenvalue weighted by atomic mass is 28.4. The fraction of sp³-hybridized carbons (Fsp3) is 0.759. The first kappa shape index (κ1) is 29.1. The van der Waals surface area contributed by atoms with E-state index in [-0.39, 0.29) is 39.2 Å². The third-order valence-corrected chi connectivity index (χ3v) is 18.9. The molecule has 2 aliphatic heterocycles. The van der Waals surface area contributed by atoms with Gasteiger partial charge in [-0.2, -0.15) is 0 Å². The maximum atomic E-state index is 12.9. The molecule has 2 aromatic heterocycles. The zero-order valence-electron chi connectivity index (χ0n) is 25.7. The molecule has 4 heterocycles. The Morgan fingerprint density at radius 2 is 1.69 bits per heavy atom. The van der Waals surface area contributed by atoms with Gasteiger partial charge in [0.15, 0.2) is 20.3 Å². The maximum absolute atomic E-state index is 12.9. The van der Waals surface area contributed by atoms with Crippen molar-refractivity contribution in [1.29, 1.82) is 0 Å². The minimum absolute atomic E-state index is 0.00981. The average molecular weight is 574 g/mol. The van der Waals surface area contributed by atoms with Gasteiger partial charge in [0.1, 0.15) is 36.0 Å². The molecule has 216 valence electrons. The number of ether oxygens (including phenoxy) is 1. The summed E-state index contributed by atoms with van der Waals surface area (Å²) in [7, 11) is -4.99. The Labute approximate surface area is 235 Å². The Kier molecular flexibility index (Phi) is 6.92. The molecule has 5 rings (SSSR count). The summed E-state index contributed by atoms with van der Waals surface area (Å²) < 4.78 is 30.2. The van der Waals surface area contributed by atoms with Crippen molar-refractivity contribution in [2.24, 2.45) is 0 Å². The minimum Gasteiger partial charge on any atom is -0.407 e. The largest absolute Gasteiger partial charge is 0.407 e. The summed E-state index contributed by atoms with van der Waals surface area (Å²) >= 11 is 0. The number of ketones is 1. The molecule has 0 aromatic carbocycles. The van der Waals surface area contributed by atoms with Gasteiger partial charge in [-0.1, -0.05) is 62.3 Å². The summed E-state index contributed by atoms with van der Waals surface area (Å²) in [6, 6.07) is 0. The van der Waals surface area contributed by atoms with Crippen molar-refractivity contribution in [1.82, 2.24) is 14.5 Å². The van der Waals surface area contributed by atoms with Gasteiger partial charge in [0, 0.05) is 22.7 Å². The molecular formula is C29H47N3O5Si2. The van der Waals surface area contributed by atoms with E-state index in [4.69, 9.17) is 18.0 Å². The highest BCUT2D eigenvalue weighted by Gasteiger charge is 2.66. The summed E-state index contributed by atoms with van der Waals surface area (Å²) in [5.74, 6) is 0.0804.